The molecule has 0 spiro atoms. The van der Waals surface area contributed by atoms with E-state index in [1.165, 1.54) is 36.4 Å². The molecule has 220 valence electrons. The van der Waals surface area contributed by atoms with Gasteiger partial charge in [0.1, 0.15) is 16.5 Å². The number of carbonyl (C=O) groups is 2. The van der Waals surface area contributed by atoms with Crippen molar-refractivity contribution in [3.8, 4) is 5.75 Å². The van der Waals surface area contributed by atoms with Crippen LogP contribution in [-0.4, -0.2) is 50.0 Å². The molecule has 2 heterocycles. The molecular formula is C26H26F4N4O6S. The maximum Gasteiger partial charge on any atom is 0.573 e. The van der Waals surface area contributed by atoms with E-state index in [1.54, 1.807) is 0 Å². The third kappa shape index (κ3) is 7.61. The topological polar surface area (TPSA) is 146 Å². The maximum absolute atomic E-state index is 13.4. The van der Waals surface area contributed by atoms with Crippen molar-refractivity contribution in [2.75, 3.05) is 6.54 Å². The zero-order valence-electron chi connectivity index (χ0n) is 21.4. The number of fused-ring (bicyclic) bond motifs is 6. The van der Waals surface area contributed by atoms with Crippen LogP contribution in [0.2, 0.25) is 0 Å². The Kier molecular flexibility index (Phi) is 8.68. The number of nitrogens with zero attached hydrogens (tertiary/aromatic N) is 1. The van der Waals surface area contributed by atoms with Crippen LogP contribution in [0.5, 0.6) is 5.75 Å². The second-order valence-electron chi connectivity index (χ2n) is 9.67. The van der Waals surface area contributed by atoms with E-state index in [9.17, 15) is 40.7 Å². The van der Waals surface area contributed by atoms with Gasteiger partial charge in [-0.25, -0.2) is 17.8 Å². The van der Waals surface area contributed by atoms with Crippen LogP contribution < -0.4 is 20.1 Å². The number of hydrogen-bond acceptors (Lipinski definition) is 7. The number of alkyl halides is 3. The molecule has 10 nitrogen and oxygen atoms in total. The van der Waals surface area contributed by atoms with Gasteiger partial charge in [-0.15, -0.1) is 13.2 Å². The number of nitrogens with one attached hydrogen (secondary N) is 3. The molecule has 15 heteroatoms. The Balaban J connectivity index is 1.66. The van der Waals surface area contributed by atoms with E-state index in [0.717, 1.165) is 18.3 Å². The molecule has 0 radical (unpaired) electrons. The highest BCUT2D eigenvalue weighted by molar-refractivity contribution is 7.89. The standard InChI is InChI=1S/C26H26F4N4O6S/c27-18-7-5-16(6-8-18)13-31-23(36)21-22(35)24(37)32-14-17-9-11-25(12-10-17,15-33-21)34-41(38,39)20-4-2-1-3-19(20)40-26(28,29)30/h1-8,15,17,34-35H,9-14H2,(H,31,36)(H,32,37)/b22-21+,33-15+. The van der Waals surface area contributed by atoms with Gasteiger partial charge < -0.3 is 20.5 Å². The lowest BCUT2D eigenvalue weighted by Gasteiger charge is -2.37. The zero-order valence-corrected chi connectivity index (χ0v) is 22.2. The highest BCUT2D eigenvalue weighted by atomic mass is 32.2. The maximum atomic E-state index is 13.4. The van der Waals surface area contributed by atoms with E-state index >= 15 is 0 Å². The number of amides is 2. The minimum absolute atomic E-state index is 0.104. The van der Waals surface area contributed by atoms with Crippen molar-refractivity contribution in [3.63, 3.8) is 0 Å². The number of rotatable bonds is 7. The average molecular weight is 599 g/mol. The van der Waals surface area contributed by atoms with Gasteiger partial charge in [0.05, 0.1) is 5.54 Å². The molecule has 2 bridgehead atoms. The predicted octanol–water partition coefficient (Wildman–Crippen LogP) is 3.22. The van der Waals surface area contributed by atoms with Gasteiger partial charge in [0.2, 0.25) is 15.8 Å². The molecule has 0 atom stereocenters. The van der Waals surface area contributed by atoms with Gasteiger partial charge in [-0.1, -0.05) is 24.3 Å². The van der Waals surface area contributed by atoms with Gasteiger partial charge in [-0.3, -0.25) is 9.59 Å². The number of halogens is 4. The molecule has 41 heavy (non-hydrogen) atoms. The lowest BCUT2D eigenvalue weighted by atomic mass is 9.77. The Hall–Kier alpha value is -3.98. The molecule has 0 saturated heterocycles. The molecule has 3 aliphatic rings. The van der Waals surface area contributed by atoms with E-state index < -0.39 is 61.7 Å². The summed E-state index contributed by atoms with van der Waals surface area (Å²) in [4.78, 5) is 28.8. The molecule has 0 unspecified atom stereocenters. The molecule has 2 aromatic carbocycles. The van der Waals surface area contributed by atoms with E-state index in [0.29, 0.717) is 18.4 Å². The third-order valence-corrected chi connectivity index (χ3v) is 8.30. The molecule has 2 aromatic rings. The summed E-state index contributed by atoms with van der Waals surface area (Å²) in [6.45, 7) is 0.0152. The number of aliphatic imine (C=N–C) groups is 1. The molecule has 1 fully saturated rings. The first kappa shape index (κ1) is 30.0. The summed E-state index contributed by atoms with van der Waals surface area (Å²) in [5, 5.41) is 15.6. The van der Waals surface area contributed by atoms with Crippen molar-refractivity contribution in [1.82, 2.24) is 15.4 Å². The minimum atomic E-state index is -5.14. The summed E-state index contributed by atoms with van der Waals surface area (Å²) in [5.41, 5.74) is -1.68. The highest BCUT2D eigenvalue weighted by Gasteiger charge is 2.41. The normalized spacial score (nSPS) is 24.2. The SMILES string of the molecule is O=C1NCC2CCC(NS(=O)(=O)c3ccccc3OC(F)(F)F)(/C=N/C(C(=O)NCc3ccc(F)cc3)=C\1O)CC2. The number of benzene rings is 2. The molecule has 5 rings (SSSR count). The van der Waals surface area contributed by atoms with Crippen molar-refractivity contribution in [2.24, 2.45) is 10.9 Å². The van der Waals surface area contributed by atoms with E-state index in [2.05, 4.69) is 25.1 Å². The zero-order chi connectivity index (χ0) is 29.8. The Morgan fingerprint density at radius 2 is 1.78 bits per heavy atom. The Bertz CT molecular complexity index is 1470. The lowest BCUT2D eigenvalue weighted by molar-refractivity contribution is -0.275. The summed E-state index contributed by atoms with van der Waals surface area (Å²) in [6, 6.07) is 9.44. The van der Waals surface area contributed by atoms with E-state index in [-0.39, 0.29) is 31.8 Å². The van der Waals surface area contributed by atoms with Gasteiger partial charge in [0.15, 0.2) is 5.70 Å². The minimum Gasteiger partial charge on any atom is -0.501 e. The van der Waals surface area contributed by atoms with E-state index in [1.807, 2.05) is 0 Å². The van der Waals surface area contributed by atoms with Gasteiger partial charge in [0.25, 0.3) is 11.8 Å². The van der Waals surface area contributed by atoms with Crippen LogP contribution in [0.3, 0.4) is 0 Å². The number of ether oxygens (including phenoxy) is 1. The van der Waals surface area contributed by atoms with Crippen LogP contribution in [0.25, 0.3) is 0 Å². The van der Waals surface area contributed by atoms with Gasteiger partial charge in [0, 0.05) is 19.3 Å². The van der Waals surface area contributed by atoms with Crippen molar-refractivity contribution in [3.05, 3.63) is 71.4 Å². The Morgan fingerprint density at radius 3 is 2.44 bits per heavy atom. The van der Waals surface area contributed by atoms with Gasteiger partial charge in [-0.2, -0.15) is 4.72 Å². The largest absolute Gasteiger partial charge is 0.573 e. The summed E-state index contributed by atoms with van der Waals surface area (Å²) in [6.07, 6.45) is -3.02. The van der Waals surface area contributed by atoms with Crippen LogP contribution in [0.1, 0.15) is 31.2 Å². The van der Waals surface area contributed by atoms with Crippen LogP contribution in [0.4, 0.5) is 17.6 Å². The number of sulfonamides is 1. The van der Waals surface area contributed by atoms with Crippen LogP contribution in [0, 0.1) is 11.7 Å². The van der Waals surface area contributed by atoms with Crippen LogP contribution in [-0.2, 0) is 26.2 Å². The molecule has 2 aliphatic heterocycles. The molecule has 1 aliphatic carbocycles. The molecule has 2 amide bonds. The number of para-hydroxylation sites is 1. The second-order valence-corrected chi connectivity index (χ2v) is 11.3. The predicted molar refractivity (Wildman–Crippen MR) is 138 cm³/mol. The summed E-state index contributed by atoms with van der Waals surface area (Å²) in [5.74, 6) is -4.48. The average Bonchev–Trinajstić information content (AvgIpc) is 2.94. The smallest absolute Gasteiger partial charge is 0.501 e. The Morgan fingerprint density at radius 1 is 1.12 bits per heavy atom. The number of aliphatic hydroxyl groups is 1. The third-order valence-electron chi connectivity index (χ3n) is 6.71. The summed E-state index contributed by atoms with van der Waals surface area (Å²) in [7, 11) is -4.64. The number of aliphatic hydroxyl groups excluding tert-OH is 1. The van der Waals surface area contributed by atoms with Gasteiger partial charge >= 0.3 is 6.36 Å². The van der Waals surface area contributed by atoms with Gasteiger partial charge in [-0.05, 0) is 61.4 Å². The fourth-order valence-corrected chi connectivity index (χ4v) is 6.10. The quantitative estimate of drug-likeness (QED) is 0.360. The molecular weight excluding hydrogens is 572 g/mol. The second kappa shape index (κ2) is 11.9. The molecule has 4 N–H and O–H groups in total. The fourth-order valence-electron chi connectivity index (χ4n) is 4.57. The molecule has 0 aromatic heterocycles. The fraction of sp³-hybridized carbons (Fsp3) is 0.346. The first-order chi connectivity index (χ1) is 19.3. The highest BCUT2D eigenvalue weighted by Crippen LogP contribution is 2.35. The molecule has 1 saturated carbocycles. The first-order valence-corrected chi connectivity index (χ1v) is 13.9. The van der Waals surface area contributed by atoms with Crippen LogP contribution in [0.15, 0.2) is 69.9 Å². The summed E-state index contributed by atoms with van der Waals surface area (Å²) < 4.78 is 85.1. The number of hydrogen-bond donors (Lipinski definition) is 4. The van der Waals surface area contributed by atoms with Crippen molar-refractivity contribution >= 4 is 28.1 Å². The van der Waals surface area contributed by atoms with Crippen molar-refractivity contribution in [2.45, 2.75) is 49.0 Å². The van der Waals surface area contributed by atoms with Crippen molar-refractivity contribution in [1.29, 1.82) is 0 Å². The van der Waals surface area contributed by atoms with Crippen molar-refractivity contribution < 1.29 is 45.4 Å². The van der Waals surface area contributed by atoms with E-state index in [4.69, 9.17) is 0 Å². The summed E-state index contributed by atoms with van der Waals surface area (Å²) >= 11 is 0. The Labute approximate surface area is 232 Å². The lowest BCUT2D eigenvalue weighted by Crippen LogP contribution is -2.52. The van der Waals surface area contributed by atoms with Crippen LogP contribution >= 0.6 is 0 Å². The monoisotopic (exact) mass is 598 g/mol. The number of carbonyl (C=O) groups excluding carboxylic acids is 2. The first-order valence-electron chi connectivity index (χ1n) is 12.4.